The minimum absolute atomic E-state index is 0.0387. The van der Waals surface area contributed by atoms with E-state index in [0.29, 0.717) is 30.2 Å². The number of nitrogens with one attached hydrogen (secondary N) is 2. The van der Waals surface area contributed by atoms with Gasteiger partial charge in [-0.05, 0) is 73.4 Å². The predicted octanol–water partition coefficient (Wildman–Crippen LogP) is 5.52. The minimum Gasteiger partial charge on any atom is -0.469 e. The number of hydrogen-bond donors (Lipinski definition) is 2. The Labute approximate surface area is 256 Å². The van der Waals surface area contributed by atoms with Gasteiger partial charge in [0.15, 0.2) is 6.23 Å². The van der Waals surface area contributed by atoms with E-state index >= 15 is 0 Å². The van der Waals surface area contributed by atoms with Crippen molar-refractivity contribution in [1.29, 1.82) is 0 Å². The van der Waals surface area contributed by atoms with Crippen LogP contribution in [0, 0.1) is 11.8 Å². The van der Waals surface area contributed by atoms with E-state index < -0.39 is 0 Å². The maximum atomic E-state index is 13.5. The van der Waals surface area contributed by atoms with Crippen LogP contribution in [0.1, 0.15) is 57.2 Å². The Morgan fingerprint density at radius 2 is 1.91 bits per heavy atom. The molecule has 5 aliphatic rings. The van der Waals surface area contributed by atoms with Gasteiger partial charge >= 0.3 is 0 Å². The van der Waals surface area contributed by atoms with E-state index in [-0.39, 0.29) is 18.4 Å². The quantitative estimate of drug-likeness (QED) is 0.308. The first kappa shape index (κ1) is 26.5. The van der Waals surface area contributed by atoms with Crippen LogP contribution in [-0.2, 0) is 9.53 Å². The molecule has 5 unspecified atom stereocenters. The molecule has 1 amide bonds. The van der Waals surface area contributed by atoms with Crippen LogP contribution in [0.25, 0.3) is 33.4 Å². The number of nitrogens with zero attached hydrogens (tertiary/aromatic N) is 4. The van der Waals surface area contributed by atoms with Crippen LogP contribution < -0.4 is 10.1 Å². The summed E-state index contributed by atoms with van der Waals surface area (Å²) >= 11 is 0. The summed E-state index contributed by atoms with van der Waals surface area (Å²) in [7, 11) is 0. The van der Waals surface area contributed by atoms with Gasteiger partial charge in [-0.2, -0.15) is 0 Å². The summed E-state index contributed by atoms with van der Waals surface area (Å²) in [5.74, 6) is 2.32. The number of carbonyl (C=O) groups is 1. The molecule has 2 aromatic heterocycles. The van der Waals surface area contributed by atoms with Gasteiger partial charge in [-0.1, -0.05) is 19.1 Å². The lowest BCUT2D eigenvalue weighted by Crippen LogP contribution is -2.49. The zero-order valence-electron chi connectivity index (χ0n) is 25.0. The molecule has 1 aliphatic carbocycles. The Morgan fingerprint density at radius 3 is 2.75 bits per heavy atom. The van der Waals surface area contributed by atoms with E-state index in [1.807, 2.05) is 6.20 Å². The van der Waals surface area contributed by atoms with Gasteiger partial charge in [-0.25, -0.2) is 4.98 Å². The summed E-state index contributed by atoms with van der Waals surface area (Å²) in [5, 5.41) is 4.86. The number of aliphatic imine (C=N–C) groups is 1. The fourth-order valence-electron chi connectivity index (χ4n) is 8.12. The number of carbonyl (C=O) groups excluding carboxylic acids is 1. The van der Waals surface area contributed by atoms with Crippen LogP contribution in [-0.4, -0.2) is 69.1 Å². The molecule has 5 atom stereocenters. The van der Waals surface area contributed by atoms with Crippen LogP contribution in [0.2, 0.25) is 0 Å². The van der Waals surface area contributed by atoms with Crippen molar-refractivity contribution in [3.63, 3.8) is 0 Å². The normalized spacial score (nSPS) is 27.5. The predicted molar refractivity (Wildman–Crippen MR) is 169 cm³/mol. The lowest BCUT2D eigenvalue weighted by Gasteiger charge is -2.32. The molecule has 0 radical (unpaired) electrons. The third kappa shape index (κ3) is 4.31. The number of piperidine rings is 1. The maximum Gasteiger partial charge on any atom is 0.223 e. The van der Waals surface area contributed by atoms with Gasteiger partial charge in [-0.15, -0.1) is 0 Å². The van der Waals surface area contributed by atoms with Crippen molar-refractivity contribution in [3.05, 3.63) is 60.6 Å². The number of imidazole rings is 1. The lowest BCUT2D eigenvalue weighted by molar-refractivity contribution is -0.135. The smallest absolute Gasteiger partial charge is 0.223 e. The Hall–Kier alpha value is -3.95. The molecule has 4 aromatic rings. The first-order valence-electron chi connectivity index (χ1n) is 16.3. The lowest BCUT2D eigenvalue weighted by atomic mass is 9.95. The molecular weight excluding hydrogens is 552 g/mol. The summed E-state index contributed by atoms with van der Waals surface area (Å²) < 4.78 is 14.4. The van der Waals surface area contributed by atoms with Crippen LogP contribution in [0.5, 0.6) is 5.75 Å². The molecular formula is C35H38N6O3. The number of benzene rings is 2. The monoisotopic (exact) mass is 590 g/mol. The molecule has 2 N–H and O–H groups in total. The molecule has 2 saturated heterocycles. The van der Waals surface area contributed by atoms with Gasteiger partial charge in [0.05, 0.1) is 41.2 Å². The second kappa shape index (κ2) is 10.3. The number of amides is 1. The van der Waals surface area contributed by atoms with E-state index in [1.165, 1.54) is 16.6 Å². The number of aromatic amines is 1. The number of rotatable bonds is 6. The summed E-state index contributed by atoms with van der Waals surface area (Å²) in [6.07, 6.45) is 9.14. The van der Waals surface area contributed by atoms with Crippen molar-refractivity contribution in [2.75, 3.05) is 19.8 Å². The highest BCUT2D eigenvalue weighted by Crippen LogP contribution is 2.50. The van der Waals surface area contributed by atoms with Gasteiger partial charge in [0.25, 0.3) is 0 Å². The molecule has 6 heterocycles. The molecule has 9 rings (SSSR count). The second-order valence-electron chi connectivity index (χ2n) is 13.2. The Bertz CT molecular complexity index is 1770. The third-order valence-corrected chi connectivity index (χ3v) is 10.5. The number of ether oxygens (including phenoxy) is 2. The average Bonchev–Trinajstić information content (AvgIpc) is 3.58. The molecule has 44 heavy (non-hydrogen) atoms. The zero-order chi connectivity index (χ0) is 29.4. The van der Waals surface area contributed by atoms with Crippen molar-refractivity contribution in [2.24, 2.45) is 16.8 Å². The van der Waals surface area contributed by atoms with Crippen molar-refractivity contribution in [1.82, 2.24) is 24.8 Å². The standard InChI is InChI=1S/C35H38N6O3/c1-2-34-41-28-6-4-21(12-23(28)14-30(41)25-5-3-22(16-32(25)44-34)26-17-36-19-38-26)27-18-37-35(39-27)31-15-24-13-29(24)40(31)33(42)11-20-7-9-43-10-8-20/h3-6,12,14,16-17,19-20,24,29,31,34-35,37H,2,7-11,13,15,18H2,1H3,(H,36,38). The van der Waals surface area contributed by atoms with Gasteiger partial charge < -0.3 is 23.9 Å². The fraction of sp³-hybridized carbons (Fsp3) is 0.457. The minimum atomic E-state index is -0.0776. The fourth-order valence-corrected chi connectivity index (χ4v) is 8.12. The van der Waals surface area contributed by atoms with E-state index in [0.717, 1.165) is 85.7 Å². The Balaban J connectivity index is 0.994. The van der Waals surface area contributed by atoms with Crippen LogP contribution in [0.4, 0.5) is 0 Å². The van der Waals surface area contributed by atoms with Crippen LogP contribution in [0.15, 0.2) is 60.0 Å². The molecule has 9 heteroatoms. The average molecular weight is 591 g/mol. The van der Waals surface area contributed by atoms with Crippen molar-refractivity contribution >= 4 is 22.5 Å². The summed E-state index contributed by atoms with van der Waals surface area (Å²) in [4.78, 5) is 28.3. The highest BCUT2D eigenvalue weighted by molar-refractivity contribution is 6.06. The van der Waals surface area contributed by atoms with Gasteiger partial charge in [-0.3, -0.25) is 15.1 Å². The summed E-state index contributed by atoms with van der Waals surface area (Å²) in [6, 6.07) is 15.9. The number of aromatic nitrogens is 3. The Kier molecular flexibility index (Phi) is 6.20. The molecule has 0 bridgehead atoms. The largest absolute Gasteiger partial charge is 0.469 e. The molecule has 3 fully saturated rings. The molecule has 226 valence electrons. The summed E-state index contributed by atoms with van der Waals surface area (Å²) in [5.41, 5.74) is 7.70. The molecule has 2 aromatic carbocycles. The van der Waals surface area contributed by atoms with Crippen molar-refractivity contribution < 1.29 is 14.3 Å². The van der Waals surface area contributed by atoms with E-state index in [1.54, 1.807) is 6.33 Å². The number of fused-ring (bicyclic) bond motifs is 6. The first-order chi connectivity index (χ1) is 21.6. The van der Waals surface area contributed by atoms with Gasteiger partial charge in [0, 0.05) is 55.2 Å². The highest BCUT2D eigenvalue weighted by Gasteiger charge is 2.56. The Morgan fingerprint density at radius 1 is 1.05 bits per heavy atom. The highest BCUT2D eigenvalue weighted by atomic mass is 16.5. The van der Waals surface area contributed by atoms with Gasteiger partial charge in [0.2, 0.25) is 5.91 Å². The number of hydrogen-bond acceptors (Lipinski definition) is 6. The molecule has 9 nitrogen and oxygen atoms in total. The first-order valence-corrected chi connectivity index (χ1v) is 16.3. The SMILES string of the molecule is CCC1Oc2cc(-c3cnc[nH]3)ccc2-c2cc3cc(C4=NC(C5CC6CC6N5C(=O)CC5CCOCC5)NC4)ccc3n21. The van der Waals surface area contributed by atoms with E-state index in [4.69, 9.17) is 14.5 Å². The molecule has 4 aliphatic heterocycles. The van der Waals surface area contributed by atoms with Crippen LogP contribution >= 0.6 is 0 Å². The van der Waals surface area contributed by atoms with E-state index in [9.17, 15) is 4.79 Å². The second-order valence-corrected chi connectivity index (χ2v) is 13.2. The van der Waals surface area contributed by atoms with Crippen LogP contribution in [0.3, 0.4) is 0 Å². The van der Waals surface area contributed by atoms with Crippen molar-refractivity contribution in [3.8, 4) is 28.3 Å². The number of H-pyrrole nitrogens is 1. The molecule has 0 spiro atoms. The van der Waals surface area contributed by atoms with E-state index in [2.05, 4.69) is 74.1 Å². The topological polar surface area (TPSA) is 96.8 Å². The third-order valence-electron chi connectivity index (χ3n) is 10.5. The zero-order valence-corrected chi connectivity index (χ0v) is 25.0. The number of likely N-dealkylation sites (tertiary alicyclic amines) is 1. The summed E-state index contributed by atoms with van der Waals surface area (Å²) in [6.45, 7) is 4.46. The van der Waals surface area contributed by atoms with Crippen molar-refractivity contribution in [2.45, 2.75) is 69.9 Å². The molecule has 1 saturated carbocycles. The van der Waals surface area contributed by atoms with Gasteiger partial charge in [0.1, 0.15) is 11.9 Å². The maximum absolute atomic E-state index is 13.5.